The Morgan fingerprint density at radius 3 is 2.83 bits per heavy atom. The average Bonchev–Trinajstić information content (AvgIpc) is 2.82. The molecule has 3 rings (SSSR count). The summed E-state index contributed by atoms with van der Waals surface area (Å²) in [6, 6.07) is 10.1. The molecule has 0 aliphatic heterocycles. The summed E-state index contributed by atoms with van der Waals surface area (Å²) in [7, 11) is 0. The number of carbonyl (C=O) groups excluding carboxylic acids is 1. The summed E-state index contributed by atoms with van der Waals surface area (Å²) in [5.41, 5.74) is 1.13. The molecule has 0 spiro atoms. The van der Waals surface area contributed by atoms with Crippen LogP contribution in [-0.2, 0) is 0 Å². The molecule has 0 saturated heterocycles. The van der Waals surface area contributed by atoms with E-state index in [4.69, 9.17) is 0 Å². The molecule has 3 nitrogen and oxygen atoms in total. The fraction of sp³-hybridized carbons (Fsp3) is 0. The van der Waals surface area contributed by atoms with Crippen LogP contribution in [0.3, 0.4) is 0 Å². The topological polar surface area (TPSA) is 45.8 Å². The second-order valence-corrected chi connectivity index (χ2v) is 3.91. The van der Waals surface area contributed by atoms with E-state index in [0.717, 1.165) is 10.9 Å². The summed E-state index contributed by atoms with van der Waals surface area (Å²) in [6.07, 6.45) is 2.99. The molecule has 0 radical (unpaired) electrons. The summed E-state index contributed by atoms with van der Waals surface area (Å²) < 4.78 is 13.5. The van der Waals surface area contributed by atoms with Gasteiger partial charge in [0.25, 0.3) is 0 Å². The van der Waals surface area contributed by atoms with Crippen molar-refractivity contribution in [1.29, 1.82) is 0 Å². The SMILES string of the molecule is O=C(c1ncccc1F)c1c[nH]c2ccccc12. The number of aromatic nitrogens is 2. The molecule has 0 fully saturated rings. The van der Waals surface area contributed by atoms with Gasteiger partial charge in [0.1, 0.15) is 5.69 Å². The van der Waals surface area contributed by atoms with Gasteiger partial charge in [0, 0.05) is 28.9 Å². The number of aromatic amines is 1. The van der Waals surface area contributed by atoms with Crippen molar-refractivity contribution in [2.45, 2.75) is 0 Å². The largest absolute Gasteiger partial charge is 0.360 e. The minimum absolute atomic E-state index is 0.151. The van der Waals surface area contributed by atoms with Crippen molar-refractivity contribution >= 4 is 16.7 Å². The van der Waals surface area contributed by atoms with E-state index in [2.05, 4.69) is 9.97 Å². The Kier molecular flexibility index (Phi) is 2.41. The maximum absolute atomic E-state index is 13.5. The standard InChI is InChI=1S/C14H9FN2O/c15-11-5-3-7-16-13(11)14(18)10-8-17-12-6-2-1-4-9(10)12/h1-8,17H. The summed E-state index contributed by atoms with van der Waals surface area (Å²) in [5.74, 6) is -1.02. The van der Waals surface area contributed by atoms with Gasteiger partial charge < -0.3 is 4.98 Å². The Morgan fingerprint density at radius 1 is 1.17 bits per heavy atom. The van der Waals surface area contributed by atoms with Gasteiger partial charge in [-0.1, -0.05) is 18.2 Å². The lowest BCUT2D eigenvalue weighted by Gasteiger charge is -1.99. The summed E-state index contributed by atoms with van der Waals surface area (Å²) in [4.78, 5) is 19.0. The number of halogens is 1. The molecule has 1 aromatic carbocycles. The molecule has 2 heterocycles. The minimum atomic E-state index is -0.604. The average molecular weight is 240 g/mol. The third-order valence-electron chi connectivity index (χ3n) is 2.81. The number of nitrogens with zero attached hydrogens (tertiary/aromatic N) is 1. The van der Waals surface area contributed by atoms with Crippen LogP contribution < -0.4 is 0 Å². The number of ketones is 1. The zero-order chi connectivity index (χ0) is 12.5. The van der Waals surface area contributed by atoms with E-state index in [-0.39, 0.29) is 5.69 Å². The van der Waals surface area contributed by atoms with Crippen LogP contribution in [-0.4, -0.2) is 15.8 Å². The summed E-state index contributed by atoms with van der Waals surface area (Å²) in [6.45, 7) is 0. The minimum Gasteiger partial charge on any atom is -0.360 e. The highest BCUT2D eigenvalue weighted by Crippen LogP contribution is 2.20. The Morgan fingerprint density at radius 2 is 2.00 bits per heavy atom. The maximum Gasteiger partial charge on any atom is 0.216 e. The molecule has 0 aliphatic rings. The lowest BCUT2D eigenvalue weighted by Crippen LogP contribution is -2.06. The van der Waals surface area contributed by atoms with E-state index in [1.54, 1.807) is 6.20 Å². The van der Waals surface area contributed by atoms with Gasteiger partial charge in [-0.25, -0.2) is 9.37 Å². The van der Waals surface area contributed by atoms with Crippen LogP contribution in [0.25, 0.3) is 10.9 Å². The summed E-state index contributed by atoms with van der Waals surface area (Å²) >= 11 is 0. The molecule has 0 aliphatic carbocycles. The van der Waals surface area contributed by atoms with E-state index in [9.17, 15) is 9.18 Å². The number of pyridine rings is 1. The van der Waals surface area contributed by atoms with Crippen LogP contribution in [0, 0.1) is 5.82 Å². The van der Waals surface area contributed by atoms with E-state index in [1.807, 2.05) is 24.3 Å². The number of H-pyrrole nitrogens is 1. The van der Waals surface area contributed by atoms with Crippen molar-refractivity contribution in [3.8, 4) is 0 Å². The maximum atomic E-state index is 13.5. The number of hydrogen-bond donors (Lipinski definition) is 1. The first-order chi connectivity index (χ1) is 8.77. The van der Waals surface area contributed by atoms with Crippen molar-refractivity contribution in [3.63, 3.8) is 0 Å². The Balaban J connectivity index is 2.16. The third-order valence-corrected chi connectivity index (χ3v) is 2.81. The molecule has 0 bridgehead atoms. The lowest BCUT2D eigenvalue weighted by atomic mass is 10.1. The molecule has 0 amide bonds. The fourth-order valence-electron chi connectivity index (χ4n) is 1.94. The molecule has 0 atom stereocenters. The van der Waals surface area contributed by atoms with Crippen molar-refractivity contribution in [3.05, 3.63) is 65.9 Å². The number of para-hydroxylation sites is 1. The molecular weight excluding hydrogens is 231 g/mol. The molecule has 88 valence electrons. The number of benzene rings is 1. The van der Waals surface area contributed by atoms with Gasteiger partial charge in [-0.15, -0.1) is 0 Å². The highest BCUT2D eigenvalue weighted by atomic mass is 19.1. The fourth-order valence-corrected chi connectivity index (χ4v) is 1.94. The molecule has 3 aromatic rings. The van der Waals surface area contributed by atoms with Crippen LogP contribution in [0.4, 0.5) is 4.39 Å². The molecule has 0 unspecified atom stereocenters. The van der Waals surface area contributed by atoms with Crippen molar-refractivity contribution in [2.75, 3.05) is 0 Å². The monoisotopic (exact) mass is 240 g/mol. The number of hydrogen-bond acceptors (Lipinski definition) is 2. The zero-order valence-electron chi connectivity index (χ0n) is 9.35. The normalized spacial score (nSPS) is 10.7. The van der Waals surface area contributed by atoms with Gasteiger partial charge in [0.05, 0.1) is 0 Å². The summed E-state index contributed by atoms with van der Waals surface area (Å²) in [5, 5.41) is 0.771. The molecule has 18 heavy (non-hydrogen) atoms. The first-order valence-corrected chi connectivity index (χ1v) is 5.48. The van der Waals surface area contributed by atoms with E-state index < -0.39 is 11.6 Å². The van der Waals surface area contributed by atoms with Crippen LogP contribution in [0.15, 0.2) is 48.8 Å². The molecule has 1 N–H and O–H groups in total. The molecular formula is C14H9FN2O. The molecule has 2 aromatic heterocycles. The van der Waals surface area contributed by atoms with Crippen molar-refractivity contribution in [1.82, 2.24) is 9.97 Å². The predicted molar refractivity (Wildman–Crippen MR) is 65.9 cm³/mol. The van der Waals surface area contributed by atoms with Crippen molar-refractivity contribution < 1.29 is 9.18 Å². The van der Waals surface area contributed by atoms with Crippen LogP contribution >= 0.6 is 0 Å². The third kappa shape index (κ3) is 1.59. The Hall–Kier alpha value is -2.49. The highest BCUT2D eigenvalue weighted by molar-refractivity contribution is 6.15. The predicted octanol–water partition coefficient (Wildman–Crippen LogP) is 2.93. The van der Waals surface area contributed by atoms with Crippen molar-refractivity contribution in [2.24, 2.45) is 0 Å². The lowest BCUT2D eigenvalue weighted by molar-refractivity contribution is 0.103. The van der Waals surface area contributed by atoms with Gasteiger partial charge in [-0.2, -0.15) is 0 Å². The number of rotatable bonds is 2. The first kappa shape index (κ1) is 10.7. The van der Waals surface area contributed by atoms with Gasteiger partial charge in [-0.05, 0) is 18.2 Å². The Bertz CT molecular complexity index is 733. The first-order valence-electron chi connectivity index (χ1n) is 5.48. The second kappa shape index (κ2) is 4.07. The smallest absolute Gasteiger partial charge is 0.216 e. The number of nitrogens with one attached hydrogen (secondary N) is 1. The van der Waals surface area contributed by atoms with Crippen LogP contribution in [0.5, 0.6) is 0 Å². The highest BCUT2D eigenvalue weighted by Gasteiger charge is 2.18. The van der Waals surface area contributed by atoms with E-state index in [1.165, 1.54) is 18.3 Å². The quantitative estimate of drug-likeness (QED) is 0.700. The van der Waals surface area contributed by atoms with Gasteiger partial charge in [-0.3, -0.25) is 4.79 Å². The number of fused-ring (bicyclic) bond motifs is 1. The van der Waals surface area contributed by atoms with Crippen LogP contribution in [0.1, 0.15) is 16.1 Å². The van der Waals surface area contributed by atoms with E-state index in [0.29, 0.717) is 5.56 Å². The zero-order valence-corrected chi connectivity index (χ0v) is 9.35. The second-order valence-electron chi connectivity index (χ2n) is 3.91. The van der Waals surface area contributed by atoms with Gasteiger partial charge in [0.2, 0.25) is 5.78 Å². The van der Waals surface area contributed by atoms with Crippen LogP contribution in [0.2, 0.25) is 0 Å². The molecule has 0 saturated carbocycles. The van der Waals surface area contributed by atoms with Gasteiger partial charge in [0.15, 0.2) is 5.82 Å². The van der Waals surface area contributed by atoms with E-state index >= 15 is 0 Å². The Labute approximate surface area is 102 Å². The number of carbonyl (C=O) groups is 1. The van der Waals surface area contributed by atoms with Gasteiger partial charge >= 0.3 is 0 Å². The molecule has 4 heteroatoms.